The first kappa shape index (κ1) is 23.2. The Morgan fingerprint density at radius 3 is 2.54 bits per heavy atom. The third kappa shape index (κ3) is 6.40. The van der Waals surface area contributed by atoms with Gasteiger partial charge in [0.25, 0.3) is 0 Å². The summed E-state index contributed by atoms with van der Waals surface area (Å²) in [5, 5.41) is 43.5. The number of ether oxygens (including phenoxy) is 2. The van der Waals surface area contributed by atoms with Crippen LogP contribution in [0.15, 0.2) is 11.8 Å². The number of amides is 2. The van der Waals surface area contributed by atoms with Gasteiger partial charge < -0.3 is 46.4 Å². The van der Waals surface area contributed by atoms with Crippen LogP contribution in [0, 0.1) is 5.41 Å². The van der Waals surface area contributed by atoms with E-state index in [-0.39, 0.29) is 0 Å². The Kier molecular flexibility index (Phi) is 8.69. The second-order valence-electron chi connectivity index (χ2n) is 5.93. The second kappa shape index (κ2) is 10.5. The van der Waals surface area contributed by atoms with Crippen molar-refractivity contribution in [1.82, 2.24) is 15.9 Å². The maximum absolute atomic E-state index is 11.6. The number of hydrogen-bond donors (Lipinski definition) is 8. The number of aliphatic hydroxyl groups is 2. The van der Waals surface area contributed by atoms with Gasteiger partial charge in [-0.05, 0) is 6.08 Å². The molecule has 1 rings (SSSR count). The summed E-state index contributed by atoms with van der Waals surface area (Å²) < 4.78 is 10.7. The standard InChI is InChI=1S/C14H24BN5O8/c1-5(22)18-10-6(19-14(16)17)2-8(13(25)26)28-12(10)11(7(23)3-21)27-4-9(24)20-15/h2,6-7,10-12,21,23H,3-4,15H2,1H3,(H,18,22)(H,20,24)(H,25,26)(H4,16,17,19)/t6-,7+,10+,11+,12+/m0/s1. The molecule has 0 aromatic rings. The molecule has 0 aromatic carbocycles. The van der Waals surface area contributed by atoms with Gasteiger partial charge in [0.2, 0.25) is 25.6 Å². The van der Waals surface area contributed by atoms with Crippen molar-refractivity contribution in [3.05, 3.63) is 11.8 Å². The summed E-state index contributed by atoms with van der Waals surface area (Å²) in [5.74, 6) is -3.58. The molecule has 28 heavy (non-hydrogen) atoms. The summed E-state index contributed by atoms with van der Waals surface area (Å²) in [6.07, 6.45) is -3.22. The predicted molar refractivity (Wildman–Crippen MR) is 96.6 cm³/mol. The lowest BCUT2D eigenvalue weighted by atomic mass is 9.91. The Labute approximate surface area is 161 Å². The van der Waals surface area contributed by atoms with Crippen molar-refractivity contribution in [2.24, 2.45) is 5.73 Å². The molecule has 5 atom stereocenters. The van der Waals surface area contributed by atoms with Gasteiger partial charge in [-0.15, -0.1) is 0 Å². The van der Waals surface area contributed by atoms with Crippen LogP contribution >= 0.6 is 0 Å². The molecule has 13 nitrogen and oxygen atoms in total. The van der Waals surface area contributed by atoms with Gasteiger partial charge in [-0.25, -0.2) is 4.79 Å². The van der Waals surface area contributed by atoms with Crippen molar-refractivity contribution >= 4 is 31.7 Å². The summed E-state index contributed by atoms with van der Waals surface area (Å²) in [4.78, 5) is 34.6. The summed E-state index contributed by atoms with van der Waals surface area (Å²) in [6, 6.07) is -2.07. The second-order valence-corrected chi connectivity index (χ2v) is 5.93. The lowest BCUT2D eigenvalue weighted by molar-refractivity contribution is -0.158. The molecule has 0 fully saturated rings. The Morgan fingerprint density at radius 1 is 1.43 bits per heavy atom. The number of hydrogen-bond acceptors (Lipinski definition) is 8. The highest BCUT2D eigenvalue weighted by Gasteiger charge is 2.45. The molecule has 156 valence electrons. The van der Waals surface area contributed by atoms with E-state index in [9.17, 15) is 29.7 Å². The van der Waals surface area contributed by atoms with E-state index < -0.39 is 73.1 Å². The molecule has 0 radical (unpaired) electrons. The molecule has 0 saturated carbocycles. The van der Waals surface area contributed by atoms with Crippen LogP contribution in [0.1, 0.15) is 6.92 Å². The van der Waals surface area contributed by atoms with E-state index in [4.69, 9.17) is 20.6 Å². The zero-order valence-electron chi connectivity index (χ0n) is 15.3. The number of carboxylic acids is 1. The molecule has 0 unspecified atom stereocenters. The van der Waals surface area contributed by atoms with E-state index >= 15 is 0 Å². The lowest BCUT2D eigenvalue weighted by Crippen LogP contribution is -2.64. The van der Waals surface area contributed by atoms with Crippen LogP contribution in [0.2, 0.25) is 0 Å². The topological polar surface area (TPSA) is 216 Å². The van der Waals surface area contributed by atoms with Crippen LogP contribution in [-0.2, 0) is 23.9 Å². The van der Waals surface area contributed by atoms with Crippen molar-refractivity contribution < 1.29 is 39.2 Å². The number of guanidine groups is 1. The van der Waals surface area contributed by atoms with E-state index in [0.717, 1.165) is 6.08 Å². The molecule has 2 amide bonds. The van der Waals surface area contributed by atoms with Crippen LogP contribution < -0.4 is 21.6 Å². The first-order valence-electron chi connectivity index (χ1n) is 8.21. The van der Waals surface area contributed by atoms with E-state index in [1.807, 2.05) is 0 Å². The molecular weight excluding hydrogens is 377 g/mol. The van der Waals surface area contributed by atoms with Gasteiger partial charge in [0.05, 0.1) is 18.7 Å². The van der Waals surface area contributed by atoms with Gasteiger partial charge in [0, 0.05) is 6.92 Å². The lowest BCUT2D eigenvalue weighted by Gasteiger charge is -2.41. The number of nitrogens with one attached hydrogen (secondary N) is 4. The molecule has 0 bridgehead atoms. The third-order valence-electron chi connectivity index (χ3n) is 3.81. The van der Waals surface area contributed by atoms with Crippen molar-refractivity contribution in [2.75, 3.05) is 13.2 Å². The summed E-state index contributed by atoms with van der Waals surface area (Å²) in [7, 11) is 1.36. The summed E-state index contributed by atoms with van der Waals surface area (Å²) in [6.45, 7) is -0.120. The monoisotopic (exact) mass is 401 g/mol. The minimum atomic E-state index is -1.57. The van der Waals surface area contributed by atoms with Gasteiger partial charge in [0.15, 0.2) is 12.1 Å². The molecule has 0 saturated heterocycles. The van der Waals surface area contributed by atoms with Crippen molar-refractivity contribution in [3.63, 3.8) is 0 Å². The van der Waals surface area contributed by atoms with Crippen LogP contribution in [0.4, 0.5) is 0 Å². The Morgan fingerprint density at radius 2 is 2.07 bits per heavy atom. The fraction of sp³-hybridized carbons (Fsp3) is 0.571. The number of carbonyl (C=O) groups excluding carboxylic acids is 2. The van der Waals surface area contributed by atoms with Crippen LogP contribution in [-0.4, -0.2) is 90.7 Å². The average Bonchev–Trinajstić information content (AvgIpc) is 2.62. The molecule has 0 spiro atoms. The third-order valence-corrected chi connectivity index (χ3v) is 3.81. The highest BCUT2D eigenvalue weighted by atomic mass is 16.6. The van der Waals surface area contributed by atoms with Crippen molar-refractivity contribution in [1.29, 1.82) is 5.41 Å². The summed E-state index contributed by atoms with van der Waals surface area (Å²) >= 11 is 0. The maximum Gasteiger partial charge on any atom is 0.370 e. The minimum Gasteiger partial charge on any atom is -0.478 e. The molecule has 0 aromatic heterocycles. The molecular formula is C14H24BN5O8. The minimum absolute atomic E-state index is 0.507. The number of aliphatic carboxylic acids is 1. The average molecular weight is 401 g/mol. The maximum atomic E-state index is 11.6. The highest BCUT2D eigenvalue weighted by molar-refractivity contribution is 6.14. The quantitative estimate of drug-likeness (QED) is 0.105. The number of nitrogens with two attached hydrogens (primary N) is 1. The molecule has 14 heteroatoms. The van der Waals surface area contributed by atoms with Gasteiger partial charge in [0.1, 0.15) is 18.8 Å². The normalized spacial score (nSPS) is 23.4. The smallest absolute Gasteiger partial charge is 0.370 e. The molecule has 1 aliphatic rings. The summed E-state index contributed by atoms with van der Waals surface area (Å²) in [5.41, 5.74) is 5.33. The van der Waals surface area contributed by atoms with E-state index in [0.29, 0.717) is 0 Å². The van der Waals surface area contributed by atoms with Gasteiger partial charge in [-0.3, -0.25) is 15.0 Å². The number of carboxylic acid groups (broad SMARTS) is 1. The zero-order chi connectivity index (χ0) is 21.4. The fourth-order valence-electron chi connectivity index (χ4n) is 2.61. The number of carbonyl (C=O) groups is 3. The Hall–Kier alpha value is -2.84. The van der Waals surface area contributed by atoms with Crippen LogP contribution in [0.5, 0.6) is 0 Å². The first-order chi connectivity index (χ1) is 13.1. The first-order valence-corrected chi connectivity index (χ1v) is 8.21. The zero-order valence-corrected chi connectivity index (χ0v) is 15.3. The molecule has 9 N–H and O–H groups in total. The Balaban J connectivity index is 3.32. The van der Waals surface area contributed by atoms with Gasteiger partial charge in [-0.2, -0.15) is 0 Å². The van der Waals surface area contributed by atoms with Crippen molar-refractivity contribution in [2.45, 2.75) is 37.3 Å². The Bertz CT molecular complexity index is 645. The molecule has 0 aliphatic carbocycles. The van der Waals surface area contributed by atoms with Crippen molar-refractivity contribution in [3.8, 4) is 0 Å². The van der Waals surface area contributed by atoms with Crippen LogP contribution in [0.3, 0.4) is 0 Å². The molecule has 1 heterocycles. The fourth-order valence-corrected chi connectivity index (χ4v) is 2.61. The molecule has 1 aliphatic heterocycles. The van der Waals surface area contributed by atoms with Gasteiger partial charge in [-0.1, -0.05) is 0 Å². The SMILES string of the molecule is BNC(=O)CO[C@@H]([C@@H]1OC(C(=O)O)=C[C@H](NC(=N)N)[C@H]1NC(C)=O)[C@H](O)CO. The predicted octanol–water partition coefficient (Wildman–Crippen LogP) is -4.89. The number of aliphatic hydroxyl groups excluding tert-OH is 2. The highest BCUT2D eigenvalue weighted by Crippen LogP contribution is 2.25. The van der Waals surface area contributed by atoms with E-state index in [1.165, 1.54) is 14.9 Å². The number of rotatable bonds is 9. The van der Waals surface area contributed by atoms with E-state index in [2.05, 4.69) is 15.9 Å². The largest absolute Gasteiger partial charge is 0.478 e. The van der Waals surface area contributed by atoms with E-state index in [1.54, 1.807) is 0 Å². The van der Waals surface area contributed by atoms with Gasteiger partial charge >= 0.3 is 5.97 Å². The van der Waals surface area contributed by atoms with Crippen LogP contribution in [0.25, 0.3) is 0 Å².